The van der Waals surface area contributed by atoms with E-state index in [2.05, 4.69) is 172 Å². The van der Waals surface area contributed by atoms with Gasteiger partial charge in [-0.2, -0.15) is 0 Å². The van der Waals surface area contributed by atoms with E-state index in [1.54, 1.807) is 0 Å². The number of hydrogen-bond donors (Lipinski definition) is 0. The van der Waals surface area contributed by atoms with Crippen molar-refractivity contribution >= 4 is 19.8 Å². The van der Waals surface area contributed by atoms with Crippen molar-refractivity contribution in [2.45, 2.75) is 148 Å². The maximum atomic E-state index is 12.7. The third kappa shape index (κ3) is 52.7. The summed E-state index contributed by atoms with van der Waals surface area (Å²) in [7, 11) is 1.06. The Balaban J connectivity index is 4.48. The Bertz CT molecular complexity index is 1780. The summed E-state index contributed by atoms with van der Waals surface area (Å²) in [6.45, 7) is 3.82. The van der Waals surface area contributed by atoms with Crippen LogP contribution in [0.25, 0.3) is 0 Å². The Hall–Kier alpha value is -4.63. The maximum Gasteiger partial charge on any atom is 0.306 e. The van der Waals surface area contributed by atoms with Crippen molar-refractivity contribution in [3.8, 4) is 0 Å². The Morgan fingerprint density at radius 2 is 0.743 bits per heavy atom. The van der Waals surface area contributed by atoms with Gasteiger partial charge in [-0.1, -0.05) is 184 Å². The minimum atomic E-state index is -4.67. The van der Waals surface area contributed by atoms with Gasteiger partial charge in [-0.15, -0.1) is 0 Å². The number of allylic oxidation sites excluding steroid dienone is 28. The number of hydrogen-bond acceptors (Lipinski definition) is 8. The van der Waals surface area contributed by atoms with Crippen molar-refractivity contribution < 1.29 is 42.1 Å². The van der Waals surface area contributed by atoms with Crippen LogP contribution in [0.1, 0.15) is 142 Å². The van der Waals surface area contributed by atoms with Crippen LogP contribution in [0.2, 0.25) is 0 Å². The van der Waals surface area contributed by atoms with E-state index in [1.165, 1.54) is 0 Å². The van der Waals surface area contributed by atoms with Crippen molar-refractivity contribution in [3.63, 3.8) is 0 Å². The molecule has 0 saturated carbocycles. The molecule has 0 aromatic carbocycles. The van der Waals surface area contributed by atoms with Gasteiger partial charge >= 0.3 is 11.9 Å². The highest BCUT2D eigenvalue weighted by Crippen LogP contribution is 2.38. The normalized spacial score (nSPS) is 14.8. The first-order chi connectivity index (χ1) is 34.0. The monoisotopic (exact) mass is 986 g/mol. The van der Waals surface area contributed by atoms with E-state index in [0.717, 1.165) is 89.9 Å². The molecular formula is C60H92NO8P. The smallest absolute Gasteiger partial charge is 0.306 e. The van der Waals surface area contributed by atoms with Crippen molar-refractivity contribution in [1.29, 1.82) is 0 Å². The first kappa shape index (κ1) is 65.4. The molecule has 0 aliphatic carbocycles. The second-order valence-corrected chi connectivity index (χ2v) is 18.8. The summed E-state index contributed by atoms with van der Waals surface area (Å²) in [6.07, 6.45) is 75.5. The maximum absolute atomic E-state index is 12.7. The fourth-order valence-corrected chi connectivity index (χ4v) is 6.54. The number of carbonyl (C=O) groups excluding carboxylic acids is 2. The number of quaternary nitrogens is 1. The second kappa shape index (κ2) is 49.4. The molecule has 0 amide bonds. The van der Waals surface area contributed by atoms with E-state index in [4.69, 9.17) is 18.5 Å². The summed E-state index contributed by atoms with van der Waals surface area (Å²) < 4.78 is 33.9. The highest BCUT2D eigenvalue weighted by molar-refractivity contribution is 7.45. The number of phosphoric acid groups is 1. The largest absolute Gasteiger partial charge is 0.756 e. The molecule has 0 fully saturated rings. The summed E-state index contributed by atoms with van der Waals surface area (Å²) in [5.41, 5.74) is 0. The van der Waals surface area contributed by atoms with Crippen molar-refractivity contribution in [3.05, 3.63) is 170 Å². The van der Waals surface area contributed by atoms with Gasteiger partial charge in [-0.25, -0.2) is 0 Å². The van der Waals surface area contributed by atoms with E-state index in [0.29, 0.717) is 36.7 Å². The molecule has 9 nitrogen and oxygen atoms in total. The Morgan fingerprint density at radius 3 is 1.06 bits per heavy atom. The third-order valence-corrected chi connectivity index (χ3v) is 10.7. The first-order valence-corrected chi connectivity index (χ1v) is 27.3. The van der Waals surface area contributed by atoms with Crippen molar-refractivity contribution in [1.82, 2.24) is 0 Å². The minimum absolute atomic E-state index is 0.0618. The number of ether oxygens (including phenoxy) is 2. The number of esters is 2. The lowest BCUT2D eigenvalue weighted by Gasteiger charge is -2.28. The molecule has 10 heteroatoms. The van der Waals surface area contributed by atoms with E-state index in [1.807, 2.05) is 33.3 Å². The van der Waals surface area contributed by atoms with Gasteiger partial charge in [0.05, 0.1) is 27.7 Å². The topological polar surface area (TPSA) is 111 Å². The molecule has 0 N–H and O–H groups in total. The molecule has 2 atom stereocenters. The first-order valence-electron chi connectivity index (χ1n) is 25.8. The highest BCUT2D eigenvalue weighted by atomic mass is 31.2. The highest BCUT2D eigenvalue weighted by Gasteiger charge is 2.21. The van der Waals surface area contributed by atoms with Crippen LogP contribution in [0.15, 0.2) is 170 Å². The van der Waals surface area contributed by atoms with Crippen LogP contribution in [-0.4, -0.2) is 70.0 Å². The molecule has 0 bridgehead atoms. The molecule has 0 aliphatic heterocycles. The third-order valence-electron chi connectivity index (χ3n) is 9.73. The molecular weight excluding hydrogens is 894 g/mol. The van der Waals surface area contributed by atoms with Crippen LogP contribution in [0.3, 0.4) is 0 Å². The second-order valence-electron chi connectivity index (χ2n) is 17.4. The van der Waals surface area contributed by atoms with Crippen LogP contribution in [0.4, 0.5) is 0 Å². The Morgan fingerprint density at radius 1 is 0.443 bits per heavy atom. The number of nitrogens with zero attached hydrogens (tertiary/aromatic N) is 1. The Kier molecular flexibility index (Phi) is 46.1. The van der Waals surface area contributed by atoms with Crippen LogP contribution in [0, 0.1) is 0 Å². The van der Waals surface area contributed by atoms with Crippen LogP contribution < -0.4 is 4.89 Å². The van der Waals surface area contributed by atoms with Gasteiger partial charge in [-0.05, 0) is 116 Å². The summed E-state index contributed by atoms with van der Waals surface area (Å²) in [5.74, 6) is -0.993. The van der Waals surface area contributed by atoms with Gasteiger partial charge < -0.3 is 27.9 Å². The van der Waals surface area contributed by atoms with Gasteiger partial charge in [0.1, 0.15) is 19.8 Å². The van der Waals surface area contributed by atoms with E-state index in [-0.39, 0.29) is 26.1 Å². The zero-order valence-electron chi connectivity index (χ0n) is 43.9. The molecule has 0 aromatic heterocycles. The summed E-state index contributed by atoms with van der Waals surface area (Å²) in [4.78, 5) is 37.7. The molecule has 2 unspecified atom stereocenters. The van der Waals surface area contributed by atoms with Gasteiger partial charge in [0.25, 0.3) is 7.82 Å². The van der Waals surface area contributed by atoms with Gasteiger partial charge in [-0.3, -0.25) is 14.2 Å². The zero-order chi connectivity index (χ0) is 51.3. The number of carbonyl (C=O) groups is 2. The fraction of sp³-hybridized carbons (Fsp3) is 0.500. The molecule has 0 aliphatic rings. The molecule has 70 heavy (non-hydrogen) atoms. The predicted molar refractivity (Wildman–Crippen MR) is 295 cm³/mol. The van der Waals surface area contributed by atoms with Gasteiger partial charge in [0.2, 0.25) is 0 Å². The standard InChI is InChI=1S/C60H92NO8P/c1-6-8-10-12-14-16-18-20-22-24-25-26-27-28-29-30-31-32-33-34-35-37-39-41-43-45-47-49-51-53-60(63)69-58(57-68-70(64,65)67-55-54-61(3,4)5)56-66-59(62)52-50-48-46-44-42-40-38-36-23-21-19-17-15-13-11-9-7-2/h8-11,14-17,20-23,25-26,28-29,31-32,34-35,38-41,44-47,58H,6-7,12-13,18-19,24,27,30,33,36-37,42-43,48-57H2,1-5H3/b10-8-,11-9-,16-14-,17-15-,22-20-,23-21-,26-25-,29-28-,32-31-,35-34-,40-38-,41-39-,46-44-,47-45-. The van der Waals surface area contributed by atoms with E-state index >= 15 is 0 Å². The zero-order valence-corrected chi connectivity index (χ0v) is 44.8. The number of unbranched alkanes of at least 4 members (excludes halogenated alkanes) is 2. The average molecular weight is 986 g/mol. The SMILES string of the molecule is CC/C=C\C/C=C\C/C=C\C/C=C\C/C=C\C/C=C\C/C=C\C/C=C\C/C=C\CCCC(=O)OC(COC(=O)CCC/C=C\C/C=C\C/C=C\C/C=C\C/C=C\CC)COP(=O)([O-])OCC[N+](C)(C)C. The molecule has 390 valence electrons. The number of rotatable bonds is 44. The minimum Gasteiger partial charge on any atom is -0.756 e. The summed E-state index contributed by atoms with van der Waals surface area (Å²) >= 11 is 0. The van der Waals surface area contributed by atoms with Crippen molar-refractivity contribution in [2.75, 3.05) is 47.5 Å². The van der Waals surface area contributed by atoms with Crippen LogP contribution in [0.5, 0.6) is 0 Å². The van der Waals surface area contributed by atoms with Crippen LogP contribution in [-0.2, 0) is 32.7 Å². The molecule has 0 rings (SSSR count). The Labute approximate surface area is 426 Å². The van der Waals surface area contributed by atoms with Crippen molar-refractivity contribution in [2.24, 2.45) is 0 Å². The predicted octanol–water partition coefficient (Wildman–Crippen LogP) is 15.3. The van der Waals surface area contributed by atoms with E-state index < -0.39 is 32.5 Å². The molecule has 0 spiro atoms. The number of likely N-dealkylation sites (N-methyl/N-ethyl adjacent to an activating group) is 1. The van der Waals surface area contributed by atoms with Crippen LogP contribution >= 0.6 is 7.82 Å². The lowest BCUT2D eigenvalue weighted by atomic mass is 10.2. The molecule has 0 radical (unpaired) electrons. The summed E-state index contributed by atoms with van der Waals surface area (Å²) in [5, 5.41) is 0. The van der Waals surface area contributed by atoms with Gasteiger partial charge in [0, 0.05) is 12.8 Å². The molecule has 0 saturated heterocycles. The summed E-state index contributed by atoms with van der Waals surface area (Å²) in [6, 6.07) is 0. The average Bonchev–Trinajstić information content (AvgIpc) is 3.32. The lowest BCUT2D eigenvalue weighted by Crippen LogP contribution is -2.37. The van der Waals surface area contributed by atoms with Gasteiger partial charge in [0.15, 0.2) is 6.10 Å². The van der Waals surface area contributed by atoms with E-state index in [9.17, 15) is 19.0 Å². The number of phosphoric ester groups is 1. The molecule has 0 heterocycles. The lowest BCUT2D eigenvalue weighted by molar-refractivity contribution is -0.870. The quantitative estimate of drug-likeness (QED) is 0.0195. The fourth-order valence-electron chi connectivity index (χ4n) is 5.81. The molecule has 0 aromatic rings.